The van der Waals surface area contributed by atoms with Crippen LogP contribution in [-0.4, -0.2) is 34.9 Å². The van der Waals surface area contributed by atoms with Crippen LogP contribution >= 0.6 is 11.6 Å². The van der Waals surface area contributed by atoms with E-state index in [0.29, 0.717) is 21.2 Å². The Kier molecular flexibility index (Phi) is 4.92. The number of carbonyl (C=O) groups excluding carboxylic acids is 1. The first-order valence-corrected chi connectivity index (χ1v) is 9.90. The van der Waals surface area contributed by atoms with Crippen LogP contribution in [-0.2, 0) is 15.5 Å². The minimum atomic E-state index is -2.86. The molecule has 0 spiro atoms. The third-order valence-electron chi connectivity index (χ3n) is 3.95. The first kappa shape index (κ1) is 17.6. The predicted octanol–water partition coefficient (Wildman–Crippen LogP) is 4.13. The molecule has 0 aliphatic carbocycles. The summed E-state index contributed by atoms with van der Waals surface area (Å²) in [7, 11) is -0.975. The number of rotatable bonds is 5. The molecule has 5 nitrogen and oxygen atoms in total. The minimum Gasteiger partial charge on any atom is -0.366 e. The Morgan fingerprint density at radius 2 is 2.00 bits per heavy atom. The van der Waals surface area contributed by atoms with Crippen LogP contribution < -0.4 is 0 Å². The molecule has 7 heteroatoms. The van der Waals surface area contributed by atoms with Gasteiger partial charge in [0.2, 0.25) is 0 Å². The number of benzene rings is 2. The molecule has 0 fully saturated rings. The van der Waals surface area contributed by atoms with Crippen molar-refractivity contribution in [3.05, 3.63) is 58.6 Å². The maximum atomic E-state index is 13.3. The molecule has 1 amide bonds. The molecule has 0 N–H and O–H groups in total. The van der Waals surface area contributed by atoms with Crippen molar-refractivity contribution in [3.8, 4) is 0 Å². The standard InChI is InChI=1S/C18H18ClN3O2S/c1-3-22(2)12-20-16-9-14-17(10-15(16)19)25(24,21-18(14)23)11-13-7-5-4-6-8-13/h4-10,12H,3,11H2,1-2H3/b20-12-. The van der Waals surface area contributed by atoms with Crippen molar-refractivity contribution in [3.63, 3.8) is 0 Å². The Morgan fingerprint density at radius 3 is 2.68 bits per heavy atom. The van der Waals surface area contributed by atoms with E-state index in [1.165, 1.54) is 0 Å². The van der Waals surface area contributed by atoms with Gasteiger partial charge < -0.3 is 4.90 Å². The Labute approximate surface area is 152 Å². The lowest BCUT2D eigenvalue weighted by atomic mass is 10.2. The maximum Gasteiger partial charge on any atom is 0.286 e. The van der Waals surface area contributed by atoms with Gasteiger partial charge in [0, 0.05) is 13.6 Å². The topological polar surface area (TPSA) is 62.1 Å². The molecule has 1 atom stereocenters. The lowest BCUT2D eigenvalue weighted by molar-refractivity contribution is 0.101. The Balaban J connectivity index is 2.01. The van der Waals surface area contributed by atoms with Crippen molar-refractivity contribution in [1.82, 2.24) is 4.90 Å². The summed E-state index contributed by atoms with van der Waals surface area (Å²) in [5.74, 6) is -0.294. The van der Waals surface area contributed by atoms with Crippen LogP contribution in [0.1, 0.15) is 22.8 Å². The zero-order valence-corrected chi connectivity index (χ0v) is 15.5. The molecule has 1 unspecified atom stereocenters. The molecule has 0 radical (unpaired) electrons. The number of hydrogen-bond donors (Lipinski definition) is 0. The van der Waals surface area contributed by atoms with Crippen molar-refractivity contribution in [1.29, 1.82) is 0 Å². The SMILES string of the molecule is CCN(C)/C=N\c1cc2c(cc1Cl)S(=O)(Cc1ccccc1)=NC2=O. The molecule has 0 saturated carbocycles. The fraction of sp³-hybridized carbons (Fsp3) is 0.222. The highest BCUT2D eigenvalue weighted by Gasteiger charge is 2.30. The normalized spacial score (nSPS) is 19.1. The van der Waals surface area contributed by atoms with Gasteiger partial charge in [0.1, 0.15) is 0 Å². The van der Waals surface area contributed by atoms with Crippen molar-refractivity contribution < 1.29 is 9.00 Å². The number of aliphatic imine (C=N–C) groups is 1. The molecule has 1 aliphatic heterocycles. The number of amides is 1. The van der Waals surface area contributed by atoms with Crippen LogP contribution in [0, 0.1) is 0 Å². The Morgan fingerprint density at radius 1 is 1.28 bits per heavy atom. The monoisotopic (exact) mass is 375 g/mol. The summed E-state index contributed by atoms with van der Waals surface area (Å²) in [6, 6.07) is 12.5. The molecule has 1 aliphatic rings. The molecule has 1 heterocycles. The van der Waals surface area contributed by atoms with Gasteiger partial charge in [0.25, 0.3) is 5.91 Å². The van der Waals surface area contributed by atoms with Crippen LogP contribution in [0.15, 0.2) is 56.7 Å². The summed E-state index contributed by atoms with van der Waals surface area (Å²) in [6.07, 6.45) is 1.64. The minimum absolute atomic E-state index is 0.185. The van der Waals surface area contributed by atoms with E-state index in [0.717, 1.165) is 12.1 Å². The molecule has 3 rings (SSSR count). The maximum absolute atomic E-state index is 13.3. The van der Waals surface area contributed by atoms with E-state index in [2.05, 4.69) is 9.36 Å². The summed E-state index contributed by atoms with van der Waals surface area (Å²) in [6.45, 7) is 2.79. The second kappa shape index (κ2) is 6.98. The van der Waals surface area contributed by atoms with Crippen molar-refractivity contribution in [2.75, 3.05) is 13.6 Å². The second-order valence-corrected chi connectivity index (χ2v) is 8.38. The smallest absolute Gasteiger partial charge is 0.286 e. The lowest BCUT2D eigenvalue weighted by Crippen LogP contribution is -2.14. The fourth-order valence-electron chi connectivity index (χ4n) is 2.46. The van der Waals surface area contributed by atoms with E-state index in [1.807, 2.05) is 49.2 Å². The number of fused-ring (bicyclic) bond motifs is 1. The average molecular weight is 376 g/mol. The summed E-state index contributed by atoms with van der Waals surface area (Å²) in [5, 5.41) is 0.352. The van der Waals surface area contributed by atoms with E-state index < -0.39 is 15.6 Å². The van der Waals surface area contributed by atoms with Gasteiger partial charge in [-0.1, -0.05) is 41.9 Å². The second-order valence-electron chi connectivity index (χ2n) is 5.78. The van der Waals surface area contributed by atoms with Crippen LogP contribution in [0.4, 0.5) is 5.69 Å². The van der Waals surface area contributed by atoms with Crippen LogP contribution in [0.5, 0.6) is 0 Å². The van der Waals surface area contributed by atoms with E-state index in [4.69, 9.17) is 11.6 Å². The van der Waals surface area contributed by atoms with Crippen molar-refractivity contribution in [2.45, 2.75) is 17.6 Å². The predicted molar refractivity (Wildman–Crippen MR) is 101 cm³/mol. The average Bonchev–Trinajstić information content (AvgIpc) is 2.83. The third kappa shape index (κ3) is 3.60. The lowest BCUT2D eigenvalue weighted by Gasteiger charge is -2.10. The van der Waals surface area contributed by atoms with E-state index in [-0.39, 0.29) is 5.75 Å². The van der Waals surface area contributed by atoms with E-state index in [1.54, 1.807) is 18.5 Å². The molecule has 0 aromatic heterocycles. The first-order chi connectivity index (χ1) is 11.9. The molecular weight excluding hydrogens is 358 g/mol. The zero-order valence-electron chi connectivity index (χ0n) is 14.0. The highest BCUT2D eigenvalue weighted by atomic mass is 35.5. The van der Waals surface area contributed by atoms with Gasteiger partial charge in [-0.2, -0.15) is 4.36 Å². The van der Waals surface area contributed by atoms with Gasteiger partial charge >= 0.3 is 0 Å². The fourth-order valence-corrected chi connectivity index (χ4v) is 4.86. The number of nitrogens with zero attached hydrogens (tertiary/aromatic N) is 3. The van der Waals surface area contributed by atoms with Gasteiger partial charge in [-0.25, -0.2) is 9.20 Å². The Hall–Kier alpha value is -2.18. The summed E-state index contributed by atoms with van der Waals surface area (Å²) >= 11 is 6.30. The van der Waals surface area contributed by atoms with Crippen molar-refractivity contribution >= 4 is 39.3 Å². The van der Waals surface area contributed by atoms with E-state index >= 15 is 0 Å². The van der Waals surface area contributed by atoms with E-state index in [9.17, 15) is 9.00 Å². The quantitative estimate of drug-likeness (QED) is 0.583. The highest BCUT2D eigenvalue weighted by Crippen LogP contribution is 2.37. The van der Waals surface area contributed by atoms with Gasteiger partial charge in [0.15, 0.2) is 0 Å². The largest absolute Gasteiger partial charge is 0.366 e. The van der Waals surface area contributed by atoms with Gasteiger partial charge in [-0.3, -0.25) is 4.79 Å². The summed E-state index contributed by atoms with van der Waals surface area (Å²) in [4.78, 5) is 18.9. The molecule has 0 saturated heterocycles. The third-order valence-corrected chi connectivity index (χ3v) is 6.46. The van der Waals surface area contributed by atoms with Gasteiger partial charge in [-0.15, -0.1) is 0 Å². The van der Waals surface area contributed by atoms with Crippen molar-refractivity contribution in [2.24, 2.45) is 9.36 Å². The number of halogens is 1. The zero-order chi connectivity index (χ0) is 18.0. The van der Waals surface area contributed by atoms with Gasteiger partial charge in [-0.05, 0) is 24.6 Å². The first-order valence-electron chi connectivity index (χ1n) is 7.84. The Bertz CT molecular complexity index is 964. The number of carbonyl (C=O) groups is 1. The summed E-state index contributed by atoms with van der Waals surface area (Å²) in [5.41, 5.74) is 1.64. The highest BCUT2D eigenvalue weighted by molar-refractivity contribution is 7.93. The molecule has 0 bridgehead atoms. The van der Waals surface area contributed by atoms with Crippen LogP contribution in [0.25, 0.3) is 0 Å². The summed E-state index contributed by atoms with van der Waals surface area (Å²) < 4.78 is 17.2. The van der Waals surface area contributed by atoms with Crippen LogP contribution in [0.3, 0.4) is 0 Å². The van der Waals surface area contributed by atoms with Gasteiger partial charge in [0.05, 0.1) is 43.0 Å². The number of hydrogen-bond acceptors (Lipinski definition) is 3. The molecule has 2 aromatic rings. The molecular formula is C18H18ClN3O2S. The molecule has 130 valence electrons. The molecule has 25 heavy (non-hydrogen) atoms. The van der Waals surface area contributed by atoms with Crippen LogP contribution in [0.2, 0.25) is 5.02 Å². The molecule has 2 aromatic carbocycles.